The molecule has 1 aliphatic rings. The molecule has 0 aromatic heterocycles. The molecule has 0 amide bonds. The van der Waals surface area contributed by atoms with Gasteiger partial charge in [-0.2, -0.15) is 0 Å². The van der Waals surface area contributed by atoms with Gasteiger partial charge in [-0.25, -0.2) is 0 Å². The standard InChI is InChI=1S/C12H13O2/c1-13-12-4-2-10(3-5-12)11-6-8-14-9-7-11/h2-6H,1,7-9H2. The van der Waals surface area contributed by atoms with Crippen LogP contribution in [0.1, 0.15) is 12.0 Å². The lowest BCUT2D eigenvalue weighted by Crippen LogP contribution is -2.03. The van der Waals surface area contributed by atoms with Crippen molar-refractivity contribution in [3.05, 3.63) is 43.0 Å². The zero-order valence-corrected chi connectivity index (χ0v) is 8.03. The molecule has 73 valence electrons. The van der Waals surface area contributed by atoms with Crippen LogP contribution in [0.4, 0.5) is 0 Å². The molecule has 0 atom stereocenters. The minimum atomic E-state index is 0.725. The third-order valence-electron chi connectivity index (χ3n) is 2.36. The second kappa shape index (κ2) is 4.29. The molecule has 14 heavy (non-hydrogen) atoms. The van der Waals surface area contributed by atoms with Crippen molar-refractivity contribution in [2.45, 2.75) is 6.42 Å². The van der Waals surface area contributed by atoms with E-state index < -0.39 is 0 Å². The van der Waals surface area contributed by atoms with E-state index in [0.717, 1.165) is 25.4 Å². The molecule has 0 spiro atoms. The molecular weight excluding hydrogens is 176 g/mol. The molecule has 2 heteroatoms. The first-order valence-electron chi connectivity index (χ1n) is 4.69. The lowest BCUT2D eigenvalue weighted by molar-refractivity contribution is 0.161. The number of rotatable bonds is 2. The van der Waals surface area contributed by atoms with E-state index in [2.05, 4.69) is 25.3 Å². The monoisotopic (exact) mass is 189 g/mol. The number of hydrogen-bond acceptors (Lipinski definition) is 2. The minimum Gasteiger partial charge on any atom is -0.490 e. The molecule has 1 aromatic carbocycles. The van der Waals surface area contributed by atoms with Crippen LogP contribution in [0.3, 0.4) is 0 Å². The van der Waals surface area contributed by atoms with Crippen molar-refractivity contribution >= 4 is 5.57 Å². The van der Waals surface area contributed by atoms with E-state index in [1.807, 2.05) is 12.1 Å². The molecule has 1 heterocycles. The Morgan fingerprint density at radius 3 is 2.57 bits per heavy atom. The van der Waals surface area contributed by atoms with Crippen LogP contribution in [0.25, 0.3) is 5.57 Å². The molecule has 0 N–H and O–H groups in total. The summed E-state index contributed by atoms with van der Waals surface area (Å²) in [4.78, 5) is 0. The molecular formula is C12H13O2. The third-order valence-corrected chi connectivity index (χ3v) is 2.36. The van der Waals surface area contributed by atoms with Gasteiger partial charge in [0.25, 0.3) is 0 Å². The van der Waals surface area contributed by atoms with Crippen LogP contribution >= 0.6 is 0 Å². The first-order valence-corrected chi connectivity index (χ1v) is 4.69. The Balaban J connectivity index is 2.19. The Morgan fingerprint density at radius 1 is 1.21 bits per heavy atom. The van der Waals surface area contributed by atoms with Gasteiger partial charge in [-0.05, 0) is 29.7 Å². The van der Waals surface area contributed by atoms with E-state index in [-0.39, 0.29) is 0 Å². The van der Waals surface area contributed by atoms with Crippen LogP contribution in [0.5, 0.6) is 5.75 Å². The number of ether oxygens (including phenoxy) is 2. The molecule has 0 bridgehead atoms. The van der Waals surface area contributed by atoms with Gasteiger partial charge in [-0.1, -0.05) is 18.2 Å². The average molecular weight is 189 g/mol. The molecule has 2 nitrogen and oxygen atoms in total. The van der Waals surface area contributed by atoms with E-state index in [1.54, 1.807) is 0 Å². The Labute approximate surface area is 84.2 Å². The van der Waals surface area contributed by atoms with Gasteiger partial charge in [0.1, 0.15) is 12.9 Å². The molecule has 0 aliphatic carbocycles. The SMILES string of the molecule is [CH2]Oc1ccc(C2=CCOCC2)cc1. The zero-order valence-electron chi connectivity index (χ0n) is 8.03. The normalized spacial score (nSPS) is 16.2. The lowest BCUT2D eigenvalue weighted by atomic mass is 10.0. The van der Waals surface area contributed by atoms with Gasteiger partial charge in [0.05, 0.1) is 13.2 Å². The van der Waals surface area contributed by atoms with E-state index in [9.17, 15) is 0 Å². The number of benzene rings is 1. The summed E-state index contributed by atoms with van der Waals surface area (Å²) in [7, 11) is 3.36. The molecule has 1 aliphatic heterocycles. The fourth-order valence-corrected chi connectivity index (χ4v) is 1.55. The fraction of sp³-hybridized carbons (Fsp3) is 0.250. The predicted molar refractivity (Wildman–Crippen MR) is 55.8 cm³/mol. The summed E-state index contributed by atoms with van der Waals surface area (Å²) in [5.41, 5.74) is 2.60. The van der Waals surface area contributed by atoms with Gasteiger partial charge in [0.2, 0.25) is 0 Å². The molecule has 1 aromatic rings. The summed E-state index contributed by atoms with van der Waals surface area (Å²) < 4.78 is 10.1. The highest BCUT2D eigenvalue weighted by Gasteiger charge is 2.05. The summed E-state index contributed by atoms with van der Waals surface area (Å²) >= 11 is 0. The van der Waals surface area contributed by atoms with E-state index in [4.69, 9.17) is 9.47 Å². The maximum Gasteiger partial charge on any atom is 0.122 e. The number of hydrogen-bond donors (Lipinski definition) is 0. The van der Waals surface area contributed by atoms with Gasteiger partial charge < -0.3 is 9.47 Å². The zero-order chi connectivity index (χ0) is 9.80. The summed E-state index contributed by atoms with van der Waals surface area (Å²) in [6.07, 6.45) is 3.12. The molecule has 0 saturated carbocycles. The Bertz CT molecular complexity index is 325. The van der Waals surface area contributed by atoms with E-state index in [1.165, 1.54) is 11.1 Å². The molecule has 0 saturated heterocycles. The van der Waals surface area contributed by atoms with Crippen LogP contribution in [0.2, 0.25) is 0 Å². The Kier molecular flexibility index (Phi) is 2.84. The second-order valence-electron chi connectivity index (χ2n) is 3.22. The van der Waals surface area contributed by atoms with Crippen LogP contribution in [0.15, 0.2) is 30.3 Å². The molecule has 2 rings (SSSR count). The average Bonchev–Trinajstić information content (AvgIpc) is 2.30. The van der Waals surface area contributed by atoms with Crippen LogP contribution in [-0.4, -0.2) is 13.2 Å². The summed E-state index contributed by atoms with van der Waals surface area (Å²) in [5.74, 6) is 0.793. The largest absolute Gasteiger partial charge is 0.490 e. The topological polar surface area (TPSA) is 18.5 Å². The first-order chi connectivity index (χ1) is 6.90. The van der Waals surface area contributed by atoms with E-state index >= 15 is 0 Å². The fourth-order valence-electron chi connectivity index (χ4n) is 1.55. The minimum absolute atomic E-state index is 0.725. The van der Waals surface area contributed by atoms with Crippen molar-refractivity contribution in [1.29, 1.82) is 0 Å². The third kappa shape index (κ3) is 1.96. The van der Waals surface area contributed by atoms with Crippen molar-refractivity contribution in [3.63, 3.8) is 0 Å². The highest BCUT2D eigenvalue weighted by atomic mass is 16.5. The second-order valence-corrected chi connectivity index (χ2v) is 3.22. The van der Waals surface area contributed by atoms with Crippen molar-refractivity contribution in [2.75, 3.05) is 13.2 Å². The maximum atomic E-state index is 5.26. The maximum absolute atomic E-state index is 5.26. The smallest absolute Gasteiger partial charge is 0.122 e. The summed E-state index contributed by atoms with van der Waals surface area (Å²) in [6.45, 7) is 1.54. The molecule has 0 unspecified atom stereocenters. The van der Waals surface area contributed by atoms with Gasteiger partial charge >= 0.3 is 0 Å². The van der Waals surface area contributed by atoms with E-state index in [0.29, 0.717) is 0 Å². The quantitative estimate of drug-likeness (QED) is 0.712. The lowest BCUT2D eigenvalue weighted by Gasteiger charge is -2.13. The summed E-state index contributed by atoms with van der Waals surface area (Å²) in [6, 6.07) is 7.96. The van der Waals surface area contributed by atoms with Crippen LogP contribution < -0.4 is 4.74 Å². The van der Waals surface area contributed by atoms with Crippen LogP contribution in [-0.2, 0) is 4.74 Å². The Hall–Kier alpha value is -1.28. The summed E-state index contributed by atoms with van der Waals surface area (Å²) in [5, 5.41) is 0. The van der Waals surface area contributed by atoms with Crippen molar-refractivity contribution < 1.29 is 9.47 Å². The van der Waals surface area contributed by atoms with Crippen molar-refractivity contribution in [1.82, 2.24) is 0 Å². The van der Waals surface area contributed by atoms with Crippen molar-refractivity contribution in [3.8, 4) is 5.75 Å². The van der Waals surface area contributed by atoms with Gasteiger partial charge in [-0.3, -0.25) is 0 Å². The molecule has 1 radical (unpaired) electrons. The highest BCUT2D eigenvalue weighted by Crippen LogP contribution is 2.23. The van der Waals surface area contributed by atoms with Gasteiger partial charge in [0, 0.05) is 0 Å². The van der Waals surface area contributed by atoms with Crippen molar-refractivity contribution in [2.24, 2.45) is 0 Å². The van der Waals surface area contributed by atoms with Gasteiger partial charge in [0.15, 0.2) is 0 Å². The predicted octanol–water partition coefficient (Wildman–Crippen LogP) is 2.66. The first kappa shape index (κ1) is 9.28. The highest BCUT2D eigenvalue weighted by molar-refractivity contribution is 5.66. The molecule has 0 fully saturated rings. The Morgan fingerprint density at radius 2 is 2.00 bits per heavy atom. The van der Waals surface area contributed by atoms with Gasteiger partial charge in [-0.15, -0.1) is 0 Å². The van der Waals surface area contributed by atoms with Crippen LogP contribution in [0, 0.1) is 7.11 Å².